The van der Waals surface area contributed by atoms with Crippen molar-refractivity contribution >= 4 is 44.7 Å². The molecule has 0 aliphatic rings. The molecule has 0 bridgehead atoms. The Kier molecular flexibility index (Phi) is 20.7. The summed E-state index contributed by atoms with van der Waals surface area (Å²) in [6.45, 7) is 5.93. The Morgan fingerprint density at radius 2 is 0.696 bits per heavy atom. The van der Waals surface area contributed by atoms with Crippen molar-refractivity contribution in [1.82, 2.24) is 0 Å². The lowest BCUT2D eigenvalue weighted by Crippen LogP contribution is -2.03. The van der Waals surface area contributed by atoms with Crippen LogP contribution in [0.2, 0.25) is 10.0 Å². The van der Waals surface area contributed by atoms with Gasteiger partial charge < -0.3 is 9.47 Å². The smallest absolute Gasteiger partial charge is 0.138 e. The van der Waals surface area contributed by atoms with E-state index in [2.05, 4.69) is 26.0 Å². The topological polar surface area (TPSA) is 18.5 Å². The normalized spacial score (nSPS) is 11.6. The van der Waals surface area contributed by atoms with E-state index >= 15 is 0 Å². The lowest BCUT2D eigenvalue weighted by atomic mass is 10.00. The highest BCUT2D eigenvalue weighted by molar-refractivity contribution is 6.40. The maximum absolute atomic E-state index is 6.85. The van der Waals surface area contributed by atoms with Gasteiger partial charge in [-0.3, -0.25) is 0 Å². The molecule has 3 aromatic carbocycles. The molecule has 0 amide bonds. The monoisotopic (exact) mass is 670 g/mol. The fourth-order valence-electron chi connectivity index (χ4n) is 6.69. The quantitative estimate of drug-likeness (QED) is 0.0565. The second kappa shape index (κ2) is 24.5. The van der Waals surface area contributed by atoms with Gasteiger partial charge >= 0.3 is 0 Å². The number of hydrogen-bond donors (Lipinski definition) is 0. The maximum atomic E-state index is 6.85. The molecule has 258 valence electrons. The fraction of sp³-hybridized carbons (Fsp3) is 0.667. The zero-order chi connectivity index (χ0) is 32.7. The van der Waals surface area contributed by atoms with Crippen LogP contribution in [0.1, 0.15) is 168 Å². The second-order valence-corrected chi connectivity index (χ2v) is 14.3. The van der Waals surface area contributed by atoms with Crippen molar-refractivity contribution in [2.45, 2.75) is 168 Å². The highest BCUT2D eigenvalue weighted by Crippen LogP contribution is 2.47. The molecule has 3 rings (SSSR count). The third-order valence-corrected chi connectivity index (χ3v) is 10.1. The Labute approximate surface area is 292 Å². The predicted molar refractivity (Wildman–Crippen MR) is 205 cm³/mol. The number of benzene rings is 3. The van der Waals surface area contributed by atoms with Crippen LogP contribution in [0.5, 0.6) is 11.5 Å². The van der Waals surface area contributed by atoms with E-state index in [9.17, 15) is 0 Å². The van der Waals surface area contributed by atoms with Crippen molar-refractivity contribution in [2.75, 3.05) is 13.2 Å². The molecule has 4 heteroatoms. The Hall–Kier alpha value is -1.64. The third-order valence-electron chi connectivity index (χ3n) is 9.46. The molecule has 0 spiro atoms. The van der Waals surface area contributed by atoms with Crippen molar-refractivity contribution in [1.29, 1.82) is 0 Å². The van der Waals surface area contributed by atoms with Crippen LogP contribution in [0.4, 0.5) is 0 Å². The van der Waals surface area contributed by atoms with Crippen molar-refractivity contribution < 1.29 is 9.47 Å². The van der Waals surface area contributed by atoms with Crippen molar-refractivity contribution in [3.63, 3.8) is 0 Å². The summed E-state index contributed by atoms with van der Waals surface area (Å²) in [5, 5.41) is 5.19. The highest BCUT2D eigenvalue weighted by Gasteiger charge is 2.20. The Morgan fingerprint density at radius 3 is 1.04 bits per heavy atom. The summed E-state index contributed by atoms with van der Waals surface area (Å²) in [5.74, 6) is 1.66. The van der Waals surface area contributed by atoms with E-state index in [1.165, 1.54) is 141 Å². The van der Waals surface area contributed by atoms with Crippen LogP contribution in [0, 0.1) is 0 Å². The Balaban J connectivity index is 1.48. The summed E-state index contributed by atoms with van der Waals surface area (Å²) in [5.41, 5.74) is 0. The van der Waals surface area contributed by atoms with Gasteiger partial charge in [0.2, 0.25) is 0 Å². The number of rotatable bonds is 28. The van der Waals surface area contributed by atoms with E-state index in [0.717, 1.165) is 45.9 Å². The molecule has 0 N–H and O–H groups in total. The zero-order valence-corrected chi connectivity index (χ0v) is 30.9. The van der Waals surface area contributed by atoms with Gasteiger partial charge in [-0.05, 0) is 25.0 Å². The average molecular weight is 672 g/mol. The first-order chi connectivity index (χ1) is 22.7. The number of hydrogen-bond acceptors (Lipinski definition) is 2. The number of unbranched alkanes of at least 4 members (excludes halogenated alkanes) is 22. The van der Waals surface area contributed by atoms with E-state index in [-0.39, 0.29) is 0 Å². The second-order valence-electron chi connectivity index (χ2n) is 13.5. The summed E-state index contributed by atoms with van der Waals surface area (Å²) < 4.78 is 13.1. The van der Waals surface area contributed by atoms with Gasteiger partial charge in [-0.2, -0.15) is 0 Å². The highest BCUT2D eigenvalue weighted by atomic mass is 35.5. The van der Waals surface area contributed by atoms with Gasteiger partial charge in [0, 0.05) is 21.5 Å². The molecule has 46 heavy (non-hydrogen) atoms. The molecular formula is C42H64Cl2O2. The molecule has 2 nitrogen and oxygen atoms in total. The Morgan fingerprint density at radius 1 is 0.391 bits per heavy atom. The SMILES string of the molecule is CCCCCCCCCCCCCCOc1c2cccc(Cl)c2c(OCCCCCCCCCCCCCC)c2c(Cl)cccc12. The molecule has 0 radical (unpaired) electrons. The number of ether oxygens (including phenoxy) is 2. The van der Waals surface area contributed by atoms with Gasteiger partial charge in [-0.25, -0.2) is 0 Å². The molecule has 0 heterocycles. The van der Waals surface area contributed by atoms with Gasteiger partial charge in [-0.15, -0.1) is 0 Å². The first kappa shape index (κ1) is 38.8. The van der Waals surface area contributed by atoms with Crippen LogP contribution >= 0.6 is 23.2 Å². The van der Waals surface area contributed by atoms with Crippen molar-refractivity contribution in [3.05, 3.63) is 46.4 Å². The Bertz CT molecular complexity index is 1160. The molecule has 0 aliphatic heterocycles. The van der Waals surface area contributed by atoms with Gasteiger partial charge in [0.25, 0.3) is 0 Å². The molecule has 0 saturated heterocycles. The largest absolute Gasteiger partial charge is 0.492 e. The first-order valence-electron chi connectivity index (χ1n) is 19.3. The van der Waals surface area contributed by atoms with Crippen LogP contribution in [0.15, 0.2) is 36.4 Å². The summed E-state index contributed by atoms with van der Waals surface area (Å²) in [7, 11) is 0. The van der Waals surface area contributed by atoms with Crippen LogP contribution in [-0.4, -0.2) is 13.2 Å². The van der Waals surface area contributed by atoms with Crippen LogP contribution < -0.4 is 9.47 Å². The minimum atomic E-state index is 0.664. The minimum absolute atomic E-state index is 0.664. The number of halogens is 2. The van der Waals surface area contributed by atoms with E-state index in [0.29, 0.717) is 23.3 Å². The lowest BCUT2D eigenvalue weighted by molar-refractivity contribution is 0.306. The van der Waals surface area contributed by atoms with Crippen LogP contribution in [0.3, 0.4) is 0 Å². The molecule has 3 aromatic rings. The summed E-state index contributed by atoms with van der Waals surface area (Å²) >= 11 is 13.7. The summed E-state index contributed by atoms with van der Waals surface area (Å²) in [4.78, 5) is 0. The standard InChI is InChI=1S/C42H64Cl2O2/c1-3-5-7-9-11-13-15-17-19-21-23-25-33-45-41-35-29-27-31-37(43)39(35)42(40-36(41)30-28-32-38(40)44)46-34-26-24-22-20-18-16-14-12-10-8-6-4-2/h27-32H,3-26,33-34H2,1-2H3. The van der Waals surface area contributed by atoms with Crippen LogP contribution in [0.25, 0.3) is 21.5 Å². The third kappa shape index (κ3) is 13.8. The van der Waals surface area contributed by atoms with E-state index < -0.39 is 0 Å². The number of fused-ring (bicyclic) bond motifs is 2. The molecule has 0 unspecified atom stereocenters. The minimum Gasteiger partial charge on any atom is -0.492 e. The van der Waals surface area contributed by atoms with Crippen molar-refractivity contribution in [3.8, 4) is 11.5 Å². The molecule has 0 aliphatic carbocycles. The molecule has 0 aromatic heterocycles. The summed E-state index contributed by atoms with van der Waals surface area (Å²) in [6.07, 6.45) is 31.9. The van der Waals surface area contributed by atoms with Gasteiger partial charge in [-0.1, -0.05) is 203 Å². The average Bonchev–Trinajstić information content (AvgIpc) is 3.06. The van der Waals surface area contributed by atoms with Crippen LogP contribution in [-0.2, 0) is 0 Å². The fourth-order valence-corrected chi connectivity index (χ4v) is 7.21. The van der Waals surface area contributed by atoms with E-state index in [4.69, 9.17) is 32.7 Å². The van der Waals surface area contributed by atoms with E-state index in [1.54, 1.807) is 0 Å². The molecule has 0 atom stereocenters. The molecular weight excluding hydrogens is 607 g/mol. The van der Waals surface area contributed by atoms with Crippen molar-refractivity contribution in [2.24, 2.45) is 0 Å². The van der Waals surface area contributed by atoms with Gasteiger partial charge in [0.15, 0.2) is 0 Å². The molecule has 0 fully saturated rings. The van der Waals surface area contributed by atoms with Gasteiger partial charge in [0.1, 0.15) is 11.5 Å². The van der Waals surface area contributed by atoms with Gasteiger partial charge in [0.05, 0.1) is 23.3 Å². The predicted octanol–water partition coefficient (Wildman–Crippen LogP) is 15.5. The summed E-state index contributed by atoms with van der Waals surface area (Å²) in [6, 6.07) is 12.1. The molecule has 0 saturated carbocycles. The van der Waals surface area contributed by atoms with E-state index in [1.807, 2.05) is 24.3 Å². The first-order valence-corrected chi connectivity index (χ1v) is 20.0. The maximum Gasteiger partial charge on any atom is 0.138 e. The lowest BCUT2D eigenvalue weighted by Gasteiger charge is -2.19. The zero-order valence-electron chi connectivity index (χ0n) is 29.4.